The number of fused-ring (bicyclic) bond motifs is 1. The minimum absolute atomic E-state index is 0.266. The molecular formula is C15H19ClF3NO. The first-order chi connectivity index (χ1) is 9.89. The molecule has 1 aliphatic rings. The molecule has 0 fully saturated rings. The Hall–Kier alpha value is -0.940. The van der Waals surface area contributed by atoms with E-state index in [1.54, 1.807) is 6.07 Å². The van der Waals surface area contributed by atoms with Gasteiger partial charge in [-0.25, -0.2) is 0 Å². The highest BCUT2D eigenvalue weighted by Gasteiger charge is 2.32. The highest BCUT2D eigenvalue weighted by molar-refractivity contribution is 6.30. The summed E-state index contributed by atoms with van der Waals surface area (Å²) in [7, 11) is 0. The van der Waals surface area contributed by atoms with Crippen molar-refractivity contribution in [1.82, 2.24) is 5.32 Å². The van der Waals surface area contributed by atoms with Gasteiger partial charge in [-0.05, 0) is 42.6 Å². The maximum atomic E-state index is 12.7. The second-order valence-corrected chi connectivity index (χ2v) is 5.76. The maximum absolute atomic E-state index is 12.7. The third-order valence-corrected chi connectivity index (χ3v) is 3.67. The maximum Gasteiger partial charge on any atom is 0.390 e. The van der Waals surface area contributed by atoms with E-state index < -0.39 is 18.6 Å². The molecule has 0 aromatic heterocycles. The molecule has 1 aliphatic heterocycles. The Morgan fingerprint density at radius 2 is 2.14 bits per heavy atom. The summed E-state index contributed by atoms with van der Waals surface area (Å²) in [6, 6.07) is 2.88. The fraction of sp³-hybridized carbons (Fsp3) is 0.600. The van der Waals surface area contributed by atoms with Gasteiger partial charge in [-0.3, -0.25) is 0 Å². The molecule has 2 rings (SSSR count). The molecule has 2 nitrogen and oxygen atoms in total. The number of hydrogen-bond acceptors (Lipinski definition) is 2. The van der Waals surface area contributed by atoms with Gasteiger partial charge in [0, 0.05) is 17.5 Å². The van der Waals surface area contributed by atoms with Crippen LogP contribution in [0.3, 0.4) is 0 Å². The van der Waals surface area contributed by atoms with Crippen LogP contribution in [0.25, 0.3) is 0 Å². The summed E-state index contributed by atoms with van der Waals surface area (Å²) in [6.07, 6.45) is -3.22. The summed E-state index contributed by atoms with van der Waals surface area (Å²) in [5.74, 6) is 0.713. The van der Waals surface area contributed by atoms with Gasteiger partial charge in [0.1, 0.15) is 5.75 Å². The molecule has 118 valence electrons. The minimum Gasteiger partial charge on any atom is -0.493 e. The lowest BCUT2D eigenvalue weighted by Crippen LogP contribution is -2.36. The van der Waals surface area contributed by atoms with Crippen molar-refractivity contribution in [2.75, 3.05) is 13.2 Å². The van der Waals surface area contributed by atoms with Crippen molar-refractivity contribution in [1.29, 1.82) is 0 Å². The smallest absolute Gasteiger partial charge is 0.390 e. The number of benzene rings is 1. The molecule has 21 heavy (non-hydrogen) atoms. The van der Waals surface area contributed by atoms with Crippen LogP contribution in [-0.2, 0) is 12.8 Å². The fourth-order valence-electron chi connectivity index (χ4n) is 2.61. The largest absolute Gasteiger partial charge is 0.493 e. The van der Waals surface area contributed by atoms with Crippen LogP contribution < -0.4 is 10.1 Å². The summed E-state index contributed by atoms with van der Waals surface area (Å²) in [4.78, 5) is 0. The lowest BCUT2D eigenvalue weighted by atomic mass is 9.99. The van der Waals surface area contributed by atoms with E-state index in [-0.39, 0.29) is 6.42 Å². The van der Waals surface area contributed by atoms with Gasteiger partial charge in [0.2, 0.25) is 0 Å². The van der Waals surface area contributed by atoms with E-state index in [0.29, 0.717) is 23.9 Å². The normalized spacial score (nSPS) is 15.7. The topological polar surface area (TPSA) is 21.3 Å². The average molecular weight is 322 g/mol. The fourth-order valence-corrected chi connectivity index (χ4v) is 2.87. The SMILES string of the molecule is CCCNC(Cc1cc(Cl)cc2c1OCC2)CC(F)(F)F. The Labute approximate surface area is 127 Å². The molecule has 1 aromatic carbocycles. The van der Waals surface area contributed by atoms with E-state index in [0.717, 1.165) is 24.0 Å². The van der Waals surface area contributed by atoms with E-state index in [9.17, 15) is 13.2 Å². The number of nitrogens with one attached hydrogen (secondary N) is 1. The second-order valence-electron chi connectivity index (χ2n) is 5.33. The quantitative estimate of drug-likeness (QED) is 0.850. The van der Waals surface area contributed by atoms with Crippen molar-refractivity contribution in [3.8, 4) is 5.75 Å². The molecule has 1 aromatic rings. The van der Waals surface area contributed by atoms with Crippen LogP contribution in [-0.4, -0.2) is 25.4 Å². The zero-order valence-corrected chi connectivity index (χ0v) is 12.7. The number of rotatable bonds is 6. The minimum atomic E-state index is -4.19. The van der Waals surface area contributed by atoms with Gasteiger partial charge >= 0.3 is 6.18 Å². The van der Waals surface area contributed by atoms with Gasteiger partial charge in [0.05, 0.1) is 13.0 Å². The van der Waals surface area contributed by atoms with E-state index in [1.165, 1.54) is 0 Å². The van der Waals surface area contributed by atoms with E-state index in [4.69, 9.17) is 16.3 Å². The van der Waals surface area contributed by atoms with Gasteiger partial charge in [-0.2, -0.15) is 13.2 Å². The number of ether oxygens (including phenoxy) is 1. The first-order valence-corrected chi connectivity index (χ1v) is 7.51. The Bertz CT molecular complexity index is 491. The van der Waals surface area contributed by atoms with Crippen molar-refractivity contribution in [2.24, 2.45) is 0 Å². The first-order valence-electron chi connectivity index (χ1n) is 7.13. The van der Waals surface area contributed by atoms with Crippen molar-refractivity contribution >= 4 is 11.6 Å². The van der Waals surface area contributed by atoms with Crippen LogP contribution in [0.15, 0.2) is 12.1 Å². The second kappa shape index (κ2) is 6.88. The molecule has 0 radical (unpaired) electrons. The van der Waals surface area contributed by atoms with Crippen molar-refractivity contribution in [3.63, 3.8) is 0 Å². The molecule has 0 saturated carbocycles. The van der Waals surface area contributed by atoms with Crippen LogP contribution in [0.4, 0.5) is 13.2 Å². The van der Waals surface area contributed by atoms with E-state index in [1.807, 2.05) is 13.0 Å². The molecule has 0 saturated heterocycles. The van der Waals surface area contributed by atoms with E-state index >= 15 is 0 Å². The monoisotopic (exact) mass is 321 g/mol. The van der Waals surface area contributed by atoms with Crippen molar-refractivity contribution in [2.45, 2.75) is 44.8 Å². The molecule has 0 amide bonds. The lowest BCUT2D eigenvalue weighted by Gasteiger charge is -2.21. The third-order valence-electron chi connectivity index (χ3n) is 3.45. The number of hydrogen-bond donors (Lipinski definition) is 1. The molecule has 0 spiro atoms. The van der Waals surface area contributed by atoms with Crippen LogP contribution in [0.1, 0.15) is 30.9 Å². The molecule has 1 unspecified atom stereocenters. The van der Waals surface area contributed by atoms with Gasteiger partial charge < -0.3 is 10.1 Å². The number of halogens is 4. The highest BCUT2D eigenvalue weighted by Crippen LogP contribution is 2.34. The third kappa shape index (κ3) is 4.78. The Morgan fingerprint density at radius 1 is 1.38 bits per heavy atom. The first kappa shape index (κ1) is 16.4. The Kier molecular flexibility index (Phi) is 5.38. The Morgan fingerprint density at radius 3 is 2.81 bits per heavy atom. The van der Waals surface area contributed by atoms with Crippen LogP contribution in [0.2, 0.25) is 5.02 Å². The molecule has 0 bridgehead atoms. The molecular weight excluding hydrogens is 303 g/mol. The zero-order chi connectivity index (χ0) is 15.5. The van der Waals surface area contributed by atoms with Crippen molar-refractivity contribution < 1.29 is 17.9 Å². The van der Waals surface area contributed by atoms with Crippen LogP contribution in [0, 0.1) is 0 Å². The highest BCUT2D eigenvalue weighted by atomic mass is 35.5. The molecule has 1 heterocycles. The Balaban J connectivity index is 2.16. The standard InChI is InChI=1S/C15H19ClF3NO/c1-2-4-20-13(9-15(17,18)19)8-11-7-12(16)6-10-3-5-21-14(10)11/h6-7,13,20H,2-5,8-9H2,1H3. The summed E-state index contributed by atoms with van der Waals surface area (Å²) < 4.78 is 43.6. The number of alkyl halides is 3. The average Bonchev–Trinajstić information content (AvgIpc) is 2.82. The van der Waals surface area contributed by atoms with Gasteiger partial charge in [-0.15, -0.1) is 0 Å². The van der Waals surface area contributed by atoms with Gasteiger partial charge in [0.25, 0.3) is 0 Å². The molecule has 1 N–H and O–H groups in total. The predicted octanol–water partition coefficient (Wildman–Crippen LogP) is 4.14. The summed E-state index contributed by atoms with van der Waals surface area (Å²) in [5, 5.41) is 3.52. The summed E-state index contributed by atoms with van der Waals surface area (Å²) in [5.41, 5.74) is 1.74. The van der Waals surface area contributed by atoms with Crippen LogP contribution >= 0.6 is 11.6 Å². The summed E-state index contributed by atoms with van der Waals surface area (Å²) in [6.45, 7) is 3.05. The molecule has 6 heteroatoms. The molecule has 0 aliphatic carbocycles. The van der Waals surface area contributed by atoms with Gasteiger partial charge in [-0.1, -0.05) is 18.5 Å². The van der Waals surface area contributed by atoms with E-state index in [2.05, 4.69) is 5.32 Å². The predicted molar refractivity (Wildman–Crippen MR) is 77.1 cm³/mol. The molecule has 1 atom stereocenters. The lowest BCUT2D eigenvalue weighted by molar-refractivity contribution is -0.139. The van der Waals surface area contributed by atoms with Gasteiger partial charge in [0.15, 0.2) is 0 Å². The van der Waals surface area contributed by atoms with Crippen molar-refractivity contribution in [3.05, 3.63) is 28.3 Å². The van der Waals surface area contributed by atoms with Crippen LogP contribution in [0.5, 0.6) is 5.75 Å². The zero-order valence-electron chi connectivity index (χ0n) is 11.9. The summed E-state index contributed by atoms with van der Waals surface area (Å²) >= 11 is 6.05.